The maximum absolute atomic E-state index is 13.9. The molecule has 2 rings (SSSR count). The van der Waals surface area contributed by atoms with Crippen molar-refractivity contribution in [3.8, 4) is 17.0 Å². The molecule has 1 heterocycles. The van der Waals surface area contributed by atoms with E-state index in [9.17, 15) is 4.39 Å². The Hall–Kier alpha value is -1.37. The van der Waals surface area contributed by atoms with Crippen molar-refractivity contribution >= 4 is 16.6 Å². The van der Waals surface area contributed by atoms with Crippen molar-refractivity contribution in [2.45, 2.75) is 6.92 Å². The summed E-state index contributed by atoms with van der Waals surface area (Å²) in [5.41, 5.74) is 1.83. The van der Waals surface area contributed by atoms with Crippen LogP contribution in [-0.4, -0.2) is 21.6 Å². The molecule has 2 nitrogen and oxygen atoms in total. The molecule has 0 unspecified atom stereocenters. The monoisotopic (exact) mass is 230 g/mol. The van der Waals surface area contributed by atoms with Gasteiger partial charge in [0, 0.05) is 6.20 Å². The molecule has 0 amide bonds. The van der Waals surface area contributed by atoms with E-state index in [-0.39, 0.29) is 5.82 Å². The van der Waals surface area contributed by atoms with Gasteiger partial charge in [0.05, 0.1) is 17.0 Å². The lowest BCUT2D eigenvalue weighted by molar-refractivity contribution is 0.589. The lowest BCUT2D eigenvalue weighted by Crippen LogP contribution is -1.95. The highest BCUT2D eigenvalue weighted by atomic mass is 27.1. The Kier molecular flexibility index (Phi) is 3.23. The summed E-state index contributed by atoms with van der Waals surface area (Å²) in [6.45, 7) is 1.83. The van der Waals surface area contributed by atoms with Gasteiger partial charge in [-0.3, -0.25) is 4.98 Å². The third-order valence-electron chi connectivity index (χ3n) is 2.27. The highest BCUT2D eigenvalue weighted by Gasteiger charge is 2.12. The van der Waals surface area contributed by atoms with E-state index in [1.165, 1.54) is 22.7 Å². The summed E-state index contributed by atoms with van der Waals surface area (Å²) in [5.74, 6) is 0.217. The van der Waals surface area contributed by atoms with Crippen molar-refractivity contribution in [2.75, 3.05) is 0 Å². The predicted molar refractivity (Wildman–Crippen MR) is 62.1 cm³/mol. The van der Waals surface area contributed by atoms with Crippen molar-refractivity contribution in [1.29, 1.82) is 0 Å². The first-order valence-electron chi connectivity index (χ1n) is 4.86. The van der Waals surface area contributed by atoms with Crippen molar-refractivity contribution in [3.05, 3.63) is 47.9 Å². The number of hydrogen-bond donors (Lipinski definition) is 0. The van der Waals surface area contributed by atoms with E-state index in [0.29, 0.717) is 17.0 Å². The minimum Gasteiger partial charge on any atom is -0.650 e. The zero-order valence-corrected chi connectivity index (χ0v) is 10.3. The predicted octanol–water partition coefficient (Wildman–Crippen LogP) is 2.39. The molecule has 0 bridgehead atoms. The van der Waals surface area contributed by atoms with Crippen LogP contribution in [0.3, 0.4) is 0 Å². The highest BCUT2D eigenvalue weighted by molar-refractivity contribution is 6.00. The zero-order valence-electron chi connectivity index (χ0n) is 8.90. The molecule has 0 aliphatic carbocycles. The fraction of sp³-hybridized carbons (Fsp3) is 0.0833. The van der Waals surface area contributed by atoms with Crippen LogP contribution in [0.25, 0.3) is 11.3 Å². The minimum absolute atomic E-state index is 0.305. The number of halogens is 1. The van der Waals surface area contributed by atoms with Crippen LogP contribution >= 0.6 is 0 Å². The normalized spacial score (nSPS) is 10.1. The summed E-state index contributed by atoms with van der Waals surface area (Å²) >= 11 is 1.33. The summed E-state index contributed by atoms with van der Waals surface area (Å²) in [7, 11) is 0. The van der Waals surface area contributed by atoms with Crippen LogP contribution in [-0.2, 0) is 0 Å². The quantitative estimate of drug-likeness (QED) is 0.739. The number of benzene rings is 1. The topological polar surface area (TPSA) is 22.1 Å². The number of hydrogen-bond acceptors (Lipinski definition) is 2. The fourth-order valence-corrected chi connectivity index (χ4v) is 1.81. The Labute approximate surface area is 102 Å². The van der Waals surface area contributed by atoms with E-state index < -0.39 is 0 Å². The van der Waals surface area contributed by atoms with E-state index in [1.54, 1.807) is 24.4 Å². The van der Waals surface area contributed by atoms with Crippen molar-refractivity contribution < 1.29 is 8.18 Å². The molecule has 1 aromatic heterocycles. The van der Waals surface area contributed by atoms with Gasteiger partial charge in [-0.2, -0.15) is 0 Å². The lowest BCUT2D eigenvalue weighted by Gasteiger charge is -2.11. The van der Waals surface area contributed by atoms with E-state index in [0.717, 1.165) is 5.56 Å². The number of rotatable bonds is 2. The van der Waals surface area contributed by atoms with Crippen molar-refractivity contribution in [3.63, 3.8) is 0 Å². The maximum atomic E-state index is 13.9. The van der Waals surface area contributed by atoms with Gasteiger partial charge in [-0.1, -0.05) is 6.07 Å². The van der Waals surface area contributed by atoms with Gasteiger partial charge in [-0.15, -0.1) is 0 Å². The summed E-state index contributed by atoms with van der Waals surface area (Å²) in [6.07, 6.45) is 1.64. The molecular formula is C12H10AlFNO. The average Bonchev–Trinajstić information content (AvgIpc) is 2.29. The van der Waals surface area contributed by atoms with E-state index in [1.807, 2.05) is 13.0 Å². The standard InChI is InChI=1S/C12H10FNO.Al.H/c1-8-6-9(13)12(11(15)7-8)10-4-2-3-5-14-10;;/h2-7,15H,1H3;;/q;+1;/p-1. The van der Waals surface area contributed by atoms with Gasteiger partial charge >= 0.3 is 16.6 Å². The van der Waals surface area contributed by atoms with Crippen LogP contribution < -0.4 is 3.79 Å². The second-order valence-corrected chi connectivity index (χ2v) is 3.77. The van der Waals surface area contributed by atoms with E-state index in [2.05, 4.69) is 4.98 Å². The Morgan fingerprint density at radius 1 is 1.31 bits per heavy atom. The third kappa shape index (κ3) is 2.09. The van der Waals surface area contributed by atoms with Gasteiger partial charge in [0.1, 0.15) is 5.82 Å². The van der Waals surface area contributed by atoms with Crippen LogP contribution in [0, 0.1) is 12.7 Å². The fourth-order valence-electron chi connectivity index (χ4n) is 1.58. The summed E-state index contributed by atoms with van der Waals surface area (Å²) in [6, 6.07) is 8.67. The Morgan fingerprint density at radius 2 is 2.12 bits per heavy atom. The molecule has 0 N–H and O–H groups in total. The Balaban J connectivity index is 2.64. The molecular weight excluding hydrogens is 220 g/mol. The summed E-state index contributed by atoms with van der Waals surface area (Å²) in [5, 5.41) is 0. The first-order valence-corrected chi connectivity index (χ1v) is 5.43. The first kappa shape index (κ1) is 11.1. The van der Waals surface area contributed by atoms with E-state index in [4.69, 9.17) is 3.79 Å². The second kappa shape index (κ2) is 4.65. The van der Waals surface area contributed by atoms with E-state index >= 15 is 0 Å². The van der Waals surface area contributed by atoms with Gasteiger partial charge in [0.2, 0.25) is 0 Å². The lowest BCUT2D eigenvalue weighted by atomic mass is 10.1. The largest absolute Gasteiger partial charge is 0.650 e. The van der Waals surface area contributed by atoms with Crippen LogP contribution in [0.2, 0.25) is 0 Å². The molecule has 1 aromatic carbocycles. The van der Waals surface area contributed by atoms with Crippen LogP contribution in [0.1, 0.15) is 5.56 Å². The molecule has 0 aliphatic heterocycles. The molecule has 0 saturated heterocycles. The van der Waals surface area contributed by atoms with Crippen LogP contribution in [0.15, 0.2) is 36.5 Å². The second-order valence-electron chi connectivity index (χ2n) is 3.48. The first-order chi connectivity index (χ1) is 7.72. The van der Waals surface area contributed by atoms with Crippen LogP contribution in [0.5, 0.6) is 5.75 Å². The van der Waals surface area contributed by atoms with Gasteiger partial charge < -0.3 is 3.79 Å². The SMILES string of the molecule is Cc1cc(F)c(-c2ccccn2)c([O][AlH])c1. The molecule has 0 saturated carbocycles. The van der Waals surface area contributed by atoms with Crippen molar-refractivity contribution in [1.82, 2.24) is 4.98 Å². The van der Waals surface area contributed by atoms with Crippen molar-refractivity contribution in [2.24, 2.45) is 0 Å². The third-order valence-corrected chi connectivity index (χ3v) is 2.59. The minimum atomic E-state index is -0.305. The molecule has 2 aromatic rings. The average molecular weight is 230 g/mol. The van der Waals surface area contributed by atoms with Gasteiger partial charge in [0.25, 0.3) is 0 Å². The molecule has 79 valence electrons. The molecule has 0 aliphatic rings. The Bertz CT molecular complexity index is 502. The molecule has 0 spiro atoms. The molecule has 0 atom stereocenters. The smallest absolute Gasteiger partial charge is 0.494 e. The highest BCUT2D eigenvalue weighted by Crippen LogP contribution is 2.31. The molecule has 1 radical (unpaired) electrons. The van der Waals surface area contributed by atoms with Crippen LogP contribution in [0.4, 0.5) is 4.39 Å². The van der Waals surface area contributed by atoms with Gasteiger partial charge in [-0.25, -0.2) is 4.39 Å². The summed E-state index contributed by atoms with van der Waals surface area (Å²) < 4.78 is 19.1. The molecule has 16 heavy (non-hydrogen) atoms. The Morgan fingerprint density at radius 3 is 2.75 bits per heavy atom. The number of aryl methyl sites for hydroxylation is 1. The van der Waals surface area contributed by atoms with Gasteiger partial charge in [-0.05, 0) is 36.8 Å². The zero-order chi connectivity index (χ0) is 11.5. The number of pyridine rings is 1. The summed E-state index contributed by atoms with van der Waals surface area (Å²) in [4.78, 5) is 4.13. The molecule has 4 heteroatoms. The maximum Gasteiger partial charge on any atom is 0.494 e. The number of aromatic nitrogens is 1. The molecule has 0 fully saturated rings. The van der Waals surface area contributed by atoms with Gasteiger partial charge in [0.15, 0.2) is 0 Å². The number of nitrogens with zero attached hydrogens (tertiary/aromatic N) is 1.